The van der Waals surface area contributed by atoms with Gasteiger partial charge < -0.3 is 4.74 Å². The maximum atomic E-state index is 13.5. The van der Waals surface area contributed by atoms with E-state index >= 15 is 0 Å². The zero-order chi connectivity index (χ0) is 15.0. The molecule has 1 aromatic carbocycles. The van der Waals surface area contributed by atoms with Gasteiger partial charge >= 0.3 is 5.97 Å². The van der Waals surface area contributed by atoms with E-state index in [9.17, 15) is 9.18 Å². The van der Waals surface area contributed by atoms with E-state index in [0.29, 0.717) is 11.5 Å². The summed E-state index contributed by atoms with van der Waals surface area (Å²) in [6.45, 7) is 5.36. The molecule has 0 radical (unpaired) electrons. The Kier molecular flexibility index (Phi) is 3.60. The molecule has 0 heterocycles. The lowest BCUT2D eigenvalue weighted by molar-refractivity contribution is -0.171. The molecule has 0 spiro atoms. The minimum Gasteiger partial charge on any atom is -0.451 e. The van der Waals surface area contributed by atoms with Crippen molar-refractivity contribution in [2.24, 2.45) is 5.92 Å². The maximum absolute atomic E-state index is 13.5. The molecule has 21 heavy (non-hydrogen) atoms. The molecular weight excluding hydrogens is 267 g/mol. The zero-order valence-electron chi connectivity index (χ0n) is 12.5. The highest BCUT2D eigenvalue weighted by Crippen LogP contribution is 2.51. The highest BCUT2D eigenvalue weighted by molar-refractivity contribution is 5.87. The molecule has 2 aliphatic carbocycles. The standard InChI is InChI=1S/C18H21FO2/c1-12(2)17(20)21-18(14-6-3-7-14)10-4-5-13-11-15(19)8-9-16(13)18/h8-9,11,14H,1,3-7,10H2,2H3. The first-order valence-electron chi connectivity index (χ1n) is 7.71. The molecule has 1 unspecified atom stereocenters. The zero-order valence-corrected chi connectivity index (χ0v) is 12.5. The van der Waals surface area contributed by atoms with Crippen molar-refractivity contribution in [3.05, 3.63) is 47.3 Å². The number of hydrogen-bond acceptors (Lipinski definition) is 2. The lowest BCUT2D eigenvalue weighted by Gasteiger charge is -2.47. The summed E-state index contributed by atoms with van der Waals surface area (Å²) in [5.74, 6) is -0.200. The first kappa shape index (κ1) is 14.3. The fraction of sp³-hybridized carbons (Fsp3) is 0.500. The van der Waals surface area contributed by atoms with Gasteiger partial charge in [-0.15, -0.1) is 0 Å². The van der Waals surface area contributed by atoms with Gasteiger partial charge in [-0.1, -0.05) is 19.1 Å². The van der Waals surface area contributed by atoms with Crippen LogP contribution in [0.3, 0.4) is 0 Å². The molecular formula is C18H21FO2. The second kappa shape index (κ2) is 5.28. The second-order valence-electron chi connectivity index (χ2n) is 6.34. The van der Waals surface area contributed by atoms with Crippen molar-refractivity contribution in [1.29, 1.82) is 0 Å². The molecule has 1 atom stereocenters. The Morgan fingerprint density at radius 3 is 2.76 bits per heavy atom. The number of hydrogen-bond donors (Lipinski definition) is 0. The van der Waals surface area contributed by atoms with E-state index in [0.717, 1.165) is 43.2 Å². The molecule has 3 rings (SSSR count). The number of esters is 1. The normalized spacial score (nSPS) is 24.9. The number of carbonyl (C=O) groups is 1. The van der Waals surface area contributed by atoms with Gasteiger partial charge in [0, 0.05) is 11.5 Å². The molecule has 3 heteroatoms. The molecule has 2 aliphatic rings. The van der Waals surface area contributed by atoms with E-state index in [-0.39, 0.29) is 11.8 Å². The van der Waals surface area contributed by atoms with Crippen LogP contribution in [0.4, 0.5) is 4.39 Å². The first-order valence-corrected chi connectivity index (χ1v) is 7.71. The third kappa shape index (κ3) is 2.39. The first-order chi connectivity index (χ1) is 10.0. The van der Waals surface area contributed by atoms with Gasteiger partial charge in [-0.2, -0.15) is 0 Å². The fourth-order valence-electron chi connectivity index (χ4n) is 3.60. The summed E-state index contributed by atoms with van der Waals surface area (Å²) in [5.41, 5.74) is 1.84. The number of fused-ring (bicyclic) bond motifs is 1. The fourth-order valence-corrected chi connectivity index (χ4v) is 3.60. The van der Waals surface area contributed by atoms with Gasteiger partial charge in [-0.25, -0.2) is 9.18 Å². The van der Waals surface area contributed by atoms with Crippen LogP contribution in [0.1, 0.15) is 50.2 Å². The Morgan fingerprint density at radius 2 is 2.14 bits per heavy atom. The van der Waals surface area contributed by atoms with Crippen molar-refractivity contribution in [3.63, 3.8) is 0 Å². The quantitative estimate of drug-likeness (QED) is 0.613. The smallest absolute Gasteiger partial charge is 0.334 e. The summed E-state index contributed by atoms with van der Waals surface area (Å²) < 4.78 is 19.5. The van der Waals surface area contributed by atoms with Crippen LogP contribution in [0.15, 0.2) is 30.4 Å². The molecule has 0 saturated heterocycles. The van der Waals surface area contributed by atoms with E-state index in [1.165, 1.54) is 12.5 Å². The Hall–Kier alpha value is -1.64. The molecule has 1 saturated carbocycles. The lowest BCUT2D eigenvalue weighted by atomic mass is 9.64. The highest BCUT2D eigenvalue weighted by Gasteiger charge is 2.48. The number of carbonyl (C=O) groups excluding carboxylic acids is 1. The van der Waals surface area contributed by atoms with E-state index in [4.69, 9.17) is 4.74 Å². The van der Waals surface area contributed by atoms with Crippen molar-refractivity contribution in [1.82, 2.24) is 0 Å². The van der Waals surface area contributed by atoms with Crippen molar-refractivity contribution in [2.75, 3.05) is 0 Å². The van der Waals surface area contributed by atoms with Crippen LogP contribution < -0.4 is 0 Å². The van der Waals surface area contributed by atoms with E-state index < -0.39 is 5.60 Å². The SMILES string of the molecule is C=C(C)C(=O)OC1(C2CCC2)CCCc2cc(F)ccc21. The van der Waals surface area contributed by atoms with Gasteiger partial charge in [0.05, 0.1) is 0 Å². The van der Waals surface area contributed by atoms with E-state index in [1.54, 1.807) is 13.0 Å². The van der Waals surface area contributed by atoms with Gasteiger partial charge in [-0.3, -0.25) is 0 Å². The van der Waals surface area contributed by atoms with Crippen LogP contribution in [0.2, 0.25) is 0 Å². The van der Waals surface area contributed by atoms with Gasteiger partial charge in [0.25, 0.3) is 0 Å². The number of rotatable bonds is 3. The highest BCUT2D eigenvalue weighted by atomic mass is 19.1. The summed E-state index contributed by atoms with van der Waals surface area (Å²) in [6, 6.07) is 4.89. The average Bonchev–Trinajstić information content (AvgIpc) is 2.36. The average molecular weight is 288 g/mol. The summed E-state index contributed by atoms with van der Waals surface area (Å²) in [7, 11) is 0. The lowest BCUT2D eigenvalue weighted by Crippen LogP contribution is -2.45. The van der Waals surface area contributed by atoms with Crippen LogP contribution in [-0.2, 0) is 21.6 Å². The maximum Gasteiger partial charge on any atom is 0.334 e. The van der Waals surface area contributed by atoms with Crippen molar-refractivity contribution in [3.8, 4) is 0 Å². The molecule has 0 N–H and O–H groups in total. The largest absolute Gasteiger partial charge is 0.451 e. The summed E-state index contributed by atoms with van der Waals surface area (Å²) in [5, 5.41) is 0. The molecule has 0 aliphatic heterocycles. The van der Waals surface area contributed by atoms with E-state index in [1.807, 2.05) is 6.07 Å². The summed E-state index contributed by atoms with van der Waals surface area (Å²) in [6.07, 6.45) is 5.92. The van der Waals surface area contributed by atoms with Gasteiger partial charge in [0.2, 0.25) is 0 Å². The topological polar surface area (TPSA) is 26.3 Å². The van der Waals surface area contributed by atoms with Crippen LogP contribution >= 0.6 is 0 Å². The minimum absolute atomic E-state index is 0.218. The Balaban J connectivity index is 2.05. The molecule has 112 valence electrons. The molecule has 1 fully saturated rings. The predicted molar refractivity (Wildman–Crippen MR) is 79.3 cm³/mol. The third-order valence-corrected chi connectivity index (χ3v) is 4.91. The van der Waals surface area contributed by atoms with E-state index in [2.05, 4.69) is 6.58 Å². The van der Waals surface area contributed by atoms with Crippen LogP contribution in [0, 0.1) is 11.7 Å². The van der Waals surface area contributed by atoms with Gasteiger partial charge in [0.1, 0.15) is 11.4 Å². The van der Waals surface area contributed by atoms with Crippen LogP contribution in [0.25, 0.3) is 0 Å². The predicted octanol–water partition coefficient (Wildman–Crippen LogP) is 4.28. The third-order valence-electron chi connectivity index (χ3n) is 4.91. The molecule has 1 aromatic rings. The monoisotopic (exact) mass is 288 g/mol. The van der Waals surface area contributed by atoms with Crippen LogP contribution in [0.5, 0.6) is 0 Å². The number of benzene rings is 1. The van der Waals surface area contributed by atoms with Crippen molar-refractivity contribution >= 4 is 5.97 Å². The summed E-state index contributed by atoms with van der Waals surface area (Å²) in [4.78, 5) is 12.1. The number of ether oxygens (including phenoxy) is 1. The molecule has 0 aromatic heterocycles. The van der Waals surface area contributed by atoms with Gasteiger partial charge in [0.15, 0.2) is 0 Å². The van der Waals surface area contributed by atoms with Gasteiger partial charge in [-0.05, 0) is 62.3 Å². The number of aryl methyl sites for hydroxylation is 1. The Bertz CT molecular complexity index is 589. The molecule has 0 bridgehead atoms. The molecule has 0 amide bonds. The Morgan fingerprint density at radius 1 is 1.38 bits per heavy atom. The number of halogens is 1. The van der Waals surface area contributed by atoms with Crippen molar-refractivity contribution in [2.45, 2.75) is 51.0 Å². The molecule has 2 nitrogen and oxygen atoms in total. The Labute approximate surface area is 125 Å². The second-order valence-corrected chi connectivity index (χ2v) is 6.34. The summed E-state index contributed by atoms with van der Waals surface area (Å²) >= 11 is 0. The van der Waals surface area contributed by atoms with Crippen molar-refractivity contribution < 1.29 is 13.9 Å². The van der Waals surface area contributed by atoms with Crippen LogP contribution in [-0.4, -0.2) is 5.97 Å². The minimum atomic E-state index is -0.574.